The first-order valence-corrected chi connectivity index (χ1v) is 13.0. The number of nitrogens with zero attached hydrogens (tertiary/aromatic N) is 8. The number of hydrogen-bond donors (Lipinski definition) is 0. The first-order valence-electron chi connectivity index (χ1n) is 12.3. The van der Waals surface area contributed by atoms with Crippen LogP contribution in [0.2, 0.25) is 0 Å². The molecule has 0 radical (unpaired) electrons. The predicted molar refractivity (Wildman–Crippen MR) is 118 cm³/mol. The molecular weight excluding hydrogens is 481 g/mol. The lowest BCUT2D eigenvalue weighted by molar-refractivity contribution is -0.145. The van der Waals surface area contributed by atoms with Crippen LogP contribution in [0.5, 0.6) is 0 Å². The van der Waals surface area contributed by atoms with Gasteiger partial charge in [0.2, 0.25) is 0 Å². The minimum Gasteiger partial charge on any atom is -0.323 e. The third-order valence-corrected chi connectivity index (χ3v) is 9.40. The predicted octanol–water partition coefficient (Wildman–Crippen LogP) is 2.99. The average Bonchev–Trinajstić information content (AvgIpc) is 3.28. The van der Waals surface area contributed by atoms with E-state index in [1.54, 1.807) is 0 Å². The van der Waals surface area contributed by atoms with Gasteiger partial charge in [0, 0.05) is 62.6 Å². The molecule has 188 valence electrons. The molecule has 7 rings (SSSR count). The summed E-state index contributed by atoms with van der Waals surface area (Å²) in [5.41, 5.74) is 1.47. The van der Waals surface area contributed by atoms with Gasteiger partial charge in [0.05, 0.1) is 16.6 Å². The van der Waals surface area contributed by atoms with Crippen LogP contribution in [0.1, 0.15) is 60.5 Å². The Balaban J connectivity index is 0.852. The zero-order valence-electron chi connectivity index (χ0n) is 19.2. The number of amides is 2. The number of urea groups is 1. The second-order valence-corrected chi connectivity index (χ2v) is 12.3. The van der Waals surface area contributed by atoms with Crippen LogP contribution in [0.25, 0.3) is 0 Å². The Hall–Kier alpha value is -2.28. The minimum atomic E-state index is -4.52. The van der Waals surface area contributed by atoms with E-state index in [1.165, 1.54) is 52.4 Å². The molecule has 2 spiro atoms. The Morgan fingerprint density at radius 2 is 1.74 bits per heavy atom. The van der Waals surface area contributed by atoms with Crippen LogP contribution in [0.4, 0.5) is 18.0 Å². The first kappa shape index (κ1) is 22.0. The van der Waals surface area contributed by atoms with E-state index in [0.717, 1.165) is 45.6 Å². The van der Waals surface area contributed by atoms with Gasteiger partial charge in [0.25, 0.3) is 5.82 Å². The number of carbonyl (C=O) groups excluding carboxylic acids is 1. The van der Waals surface area contributed by atoms with E-state index in [1.807, 2.05) is 9.80 Å². The highest BCUT2D eigenvalue weighted by molar-refractivity contribution is 7.05. The summed E-state index contributed by atoms with van der Waals surface area (Å²) in [5.74, 6) is -0.484. The second-order valence-electron chi connectivity index (χ2n) is 11.5. The zero-order valence-corrected chi connectivity index (χ0v) is 20.1. The molecule has 0 N–H and O–H groups in total. The van der Waals surface area contributed by atoms with E-state index >= 15 is 0 Å². The standard InChI is InChI=1S/C22H27F3N8OS/c23-22(24,25)18-26-13-33(28-18)15-4-20(5-15)9-31(10-20)19(34)32-11-21(12-32)7-30(8-21)6-16-17(27-29-35-16)14-2-1-3-14/h13-15H,1-12H2. The maximum absolute atomic E-state index is 12.9. The van der Waals surface area contributed by atoms with Gasteiger partial charge in [-0.25, -0.2) is 14.5 Å². The highest BCUT2D eigenvalue weighted by Gasteiger charge is 2.58. The molecule has 2 aromatic rings. The van der Waals surface area contributed by atoms with Gasteiger partial charge in [-0.2, -0.15) is 13.2 Å². The summed E-state index contributed by atoms with van der Waals surface area (Å²) in [6, 6.07) is 0.0323. The lowest BCUT2D eigenvalue weighted by Crippen LogP contribution is -2.75. The van der Waals surface area contributed by atoms with Crippen molar-refractivity contribution in [2.45, 2.75) is 56.8 Å². The Morgan fingerprint density at radius 1 is 1.06 bits per heavy atom. The number of hydrogen-bond acceptors (Lipinski definition) is 7. The monoisotopic (exact) mass is 508 g/mol. The number of aromatic nitrogens is 5. The molecule has 0 aromatic carbocycles. The van der Waals surface area contributed by atoms with Crippen molar-refractivity contribution in [1.29, 1.82) is 0 Å². The topological polar surface area (TPSA) is 83.3 Å². The van der Waals surface area contributed by atoms with Crippen molar-refractivity contribution in [1.82, 2.24) is 39.1 Å². The Morgan fingerprint density at radius 3 is 2.34 bits per heavy atom. The lowest BCUT2D eigenvalue weighted by atomic mass is 9.60. The maximum atomic E-state index is 12.9. The molecule has 9 nitrogen and oxygen atoms in total. The van der Waals surface area contributed by atoms with Gasteiger partial charge < -0.3 is 9.80 Å². The van der Waals surface area contributed by atoms with E-state index in [4.69, 9.17) is 0 Å². The fraction of sp³-hybridized carbons (Fsp3) is 0.773. The van der Waals surface area contributed by atoms with Crippen molar-refractivity contribution < 1.29 is 18.0 Å². The summed E-state index contributed by atoms with van der Waals surface area (Å²) in [7, 11) is 0. The smallest absolute Gasteiger partial charge is 0.323 e. The largest absolute Gasteiger partial charge is 0.453 e. The fourth-order valence-electron chi connectivity index (χ4n) is 6.70. The summed E-state index contributed by atoms with van der Waals surface area (Å²) >= 11 is 1.53. The van der Waals surface area contributed by atoms with E-state index in [-0.39, 0.29) is 22.9 Å². The van der Waals surface area contributed by atoms with E-state index in [9.17, 15) is 18.0 Å². The SMILES string of the molecule is O=C(N1CC2(CC(n3cnc(C(F)(F)F)n3)C2)C1)N1CC2(CN(Cc3snnc3C3CCC3)C2)C1. The molecule has 3 aliphatic heterocycles. The molecule has 5 fully saturated rings. The van der Waals surface area contributed by atoms with Gasteiger partial charge in [-0.15, -0.1) is 10.2 Å². The molecule has 2 saturated carbocycles. The van der Waals surface area contributed by atoms with Gasteiger partial charge in [0.1, 0.15) is 6.33 Å². The van der Waals surface area contributed by atoms with Gasteiger partial charge in [0.15, 0.2) is 0 Å². The van der Waals surface area contributed by atoms with E-state index in [0.29, 0.717) is 19.0 Å². The van der Waals surface area contributed by atoms with Crippen molar-refractivity contribution in [2.24, 2.45) is 10.8 Å². The summed E-state index contributed by atoms with van der Waals surface area (Å²) < 4.78 is 43.7. The van der Waals surface area contributed by atoms with Gasteiger partial charge >= 0.3 is 12.2 Å². The molecule has 2 aromatic heterocycles. The average molecular weight is 509 g/mol. The van der Waals surface area contributed by atoms with Crippen molar-refractivity contribution in [3.05, 3.63) is 22.7 Å². The third kappa shape index (κ3) is 3.56. The molecule has 0 atom stereocenters. The first-order chi connectivity index (χ1) is 16.7. The summed E-state index contributed by atoms with van der Waals surface area (Å²) in [6.07, 6.45) is 1.90. The number of carbonyl (C=O) groups is 1. The molecule has 5 aliphatic rings. The van der Waals surface area contributed by atoms with Crippen molar-refractivity contribution in [3.63, 3.8) is 0 Å². The molecule has 2 amide bonds. The van der Waals surface area contributed by atoms with E-state index in [2.05, 4.69) is 24.6 Å². The van der Waals surface area contributed by atoms with Crippen LogP contribution in [-0.2, 0) is 12.7 Å². The summed E-state index contributed by atoms with van der Waals surface area (Å²) in [4.78, 5) is 23.9. The molecule has 35 heavy (non-hydrogen) atoms. The maximum Gasteiger partial charge on any atom is 0.453 e. The highest BCUT2D eigenvalue weighted by atomic mass is 32.1. The van der Waals surface area contributed by atoms with Gasteiger partial charge in [-0.3, -0.25) is 4.90 Å². The number of likely N-dealkylation sites (tertiary alicyclic amines) is 3. The van der Waals surface area contributed by atoms with Gasteiger partial charge in [-0.05, 0) is 37.2 Å². The molecule has 0 bridgehead atoms. The lowest BCUT2D eigenvalue weighted by Gasteiger charge is -2.63. The quantitative estimate of drug-likeness (QED) is 0.632. The van der Waals surface area contributed by atoms with Crippen molar-refractivity contribution >= 4 is 17.6 Å². The van der Waals surface area contributed by atoms with Crippen LogP contribution >= 0.6 is 11.5 Å². The summed E-state index contributed by atoms with van der Waals surface area (Å²) in [6.45, 7) is 5.94. The van der Waals surface area contributed by atoms with Crippen molar-refractivity contribution in [3.8, 4) is 0 Å². The fourth-order valence-corrected chi connectivity index (χ4v) is 7.47. The molecular formula is C22H27F3N8OS. The zero-order chi connectivity index (χ0) is 24.0. The summed E-state index contributed by atoms with van der Waals surface area (Å²) in [5, 5.41) is 7.97. The molecule has 3 saturated heterocycles. The third-order valence-electron chi connectivity index (χ3n) is 8.68. The molecule has 2 aliphatic carbocycles. The Kier molecular flexibility index (Phi) is 4.63. The Labute approximate surface area is 204 Å². The Bertz CT molecular complexity index is 1130. The number of alkyl halides is 3. The van der Waals surface area contributed by atoms with Crippen LogP contribution in [-0.4, -0.2) is 84.4 Å². The van der Waals surface area contributed by atoms with E-state index < -0.39 is 12.0 Å². The number of rotatable bonds is 4. The molecule has 13 heteroatoms. The molecule has 0 unspecified atom stereocenters. The number of halogens is 3. The van der Waals surface area contributed by atoms with Gasteiger partial charge in [-0.1, -0.05) is 10.9 Å². The van der Waals surface area contributed by atoms with Crippen molar-refractivity contribution in [2.75, 3.05) is 39.3 Å². The molecule has 5 heterocycles. The van der Waals surface area contributed by atoms with Crippen LogP contribution in [0, 0.1) is 10.8 Å². The van der Waals surface area contributed by atoms with Crippen LogP contribution in [0.15, 0.2) is 6.33 Å². The van der Waals surface area contributed by atoms with Crippen LogP contribution in [0.3, 0.4) is 0 Å². The minimum absolute atomic E-state index is 0.0292. The normalized spacial score (nSPS) is 25.7. The second kappa shape index (κ2) is 7.37. The van der Waals surface area contributed by atoms with Crippen LogP contribution < -0.4 is 0 Å². The highest BCUT2D eigenvalue weighted by Crippen LogP contribution is 2.54.